The number of allylic oxidation sites excluding steroid dienone is 1. The van der Waals surface area contributed by atoms with Crippen LogP contribution in [0.25, 0.3) is 11.1 Å². The molecule has 4 aliphatic rings. The van der Waals surface area contributed by atoms with Crippen LogP contribution in [0.5, 0.6) is 0 Å². The molecule has 0 bridgehead atoms. The average Bonchev–Trinajstić information content (AvgIpc) is 3.83. The molecule has 6 nitrogen and oxygen atoms in total. The molecule has 2 aromatic rings. The number of fused-ring (bicyclic) bond motifs is 1. The molecule has 0 radical (unpaired) electrons. The van der Waals surface area contributed by atoms with E-state index < -0.39 is 12.5 Å². The summed E-state index contributed by atoms with van der Waals surface area (Å²) in [7, 11) is 0. The van der Waals surface area contributed by atoms with E-state index in [-0.39, 0.29) is 40.8 Å². The zero-order chi connectivity index (χ0) is 32.2. The topological polar surface area (TPSA) is 67.9 Å². The van der Waals surface area contributed by atoms with Crippen LogP contribution in [0.3, 0.4) is 0 Å². The van der Waals surface area contributed by atoms with Crippen LogP contribution in [0.2, 0.25) is 0 Å². The second kappa shape index (κ2) is 14.3. The highest BCUT2D eigenvalue weighted by molar-refractivity contribution is 5.98. The Morgan fingerprint density at radius 2 is 1.59 bits per heavy atom. The Hall–Kier alpha value is -3.85. The van der Waals surface area contributed by atoms with Crippen molar-refractivity contribution in [3.63, 3.8) is 0 Å². The van der Waals surface area contributed by atoms with Crippen LogP contribution in [-0.4, -0.2) is 55.5 Å². The Morgan fingerprint density at radius 3 is 2.24 bits per heavy atom. The molecule has 6 rings (SSSR count). The fourth-order valence-corrected chi connectivity index (χ4v) is 6.85. The summed E-state index contributed by atoms with van der Waals surface area (Å²) in [5.41, 5.74) is 3.21. The molecule has 0 spiro atoms. The zero-order valence-electron chi connectivity index (χ0n) is 26.1. The zero-order valence-corrected chi connectivity index (χ0v) is 26.1. The number of nitrogens with zero attached hydrogens (tertiary/aromatic N) is 1. The molecule has 46 heavy (non-hydrogen) atoms. The van der Waals surface area contributed by atoms with E-state index in [4.69, 9.17) is 9.47 Å². The second-order valence-electron chi connectivity index (χ2n) is 13.0. The number of hydrogen-bond acceptors (Lipinski definition) is 5. The van der Waals surface area contributed by atoms with Gasteiger partial charge in [-0.2, -0.15) is 8.78 Å². The number of carbonyl (C=O) groups excluding carboxylic acids is 2. The lowest BCUT2D eigenvalue weighted by Gasteiger charge is -2.34. The molecule has 2 saturated carbocycles. The van der Waals surface area contributed by atoms with Gasteiger partial charge in [0.25, 0.3) is 5.91 Å². The van der Waals surface area contributed by atoms with Crippen LogP contribution in [0.1, 0.15) is 55.8 Å². The van der Waals surface area contributed by atoms with Gasteiger partial charge in [-0.3, -0.25) is 9.59 Å². The van der Waals surface area contributed by atoms with Gasteiger partial charge >= 0.3 is 6.61 Å². The van der Waals surface area contributed by atoms with Crippen LogP contribution in [0, 0.1) is 29.5 Å². The summed E-state index contributed by atoms with van der Waals surface area (Å²) in [4.78, 5) is 28.4. The van der Waals surface area contributed by atoms with Crippen molar-refractivity contribution in [3.05, 3.63) is 95.2 Å². The molecule has 1 N–H and O–H groups in total. The van der Waals surface area contributed by atoms with E-state index in [1.807, 2.05) is 36.5 Å². The quantitative estimate of drug-likeness (QED) is 0.185. The number of alkyl halides is 2. The van der Waals surface area contributed by atoms with Crippen molar-refractivity contribution in [2.24, 2.45) is 23.7 Å². The van der Waals surface area contributed by atoms with Gasteiger partial charge in [0.05, 0.1) is 12.2 Å². The second-order valence-corrected chi connectivity index (χ2v) is 13.0. The maximum Gasteiger partial charge on any atom is 0.387 e. The molecular formula is C37H41F3N2O4. The molecule has 0 saturated heterocycles. The standard InChI is InChI=1S/C37H41F3N2O4/c1-23-31-16-17-32(36(44)41-18-19-45-22-25-2-3-25)35(46-37(39)40)33(31)21-42(23)20-24-4-6-28(7-5-24)34(43)29-10-8-26(9-11-29)27-12-14-30(38)15-13-27/h8-17,21,23-25,28,31,37H,2-7,18-20,22H2,1H3,(H,41,44). The van der Waals surface area contributed by atoms with Gasteiger partial charge in [0.15, 0.2) is 5.78 Å². The normalized spacial score (nSPS) is 24.2. The maximum absolute atomic E-state index is 13.5. The largest absolute Gasteiger partial charge is 0.434 e. The Kier molecular flexibility index (Phi) is 9.97. The molecule has 3 aliphatic carbocycles. The minimum Gasteiger partial charge on any atom is -0.434 e. The molecule has 2 aromatic carbocycles. The predicted octanol–water partition coefficient (Wildman–Crippen LogP) is 7.29. The third-order valence-corrected chi connectivity index (χ3v) is 9.75. The van der Waals surface area contributed by atoms with E-state index in [2.05, 4.69) is 17.1 Å². The summed E-state index contributed by atoms with van der Waals surface area (Å²) in [5.74, 6) is 0.122. The van der Waals surface area contributed by atoms with Crippen molar-refractivity contribution in [1.29, 1.82) is 0 Å². The number of benzene rings is 2. The first-order chi connectivity index (χ1) is 22.3. The summed E-state index contributed by atoms with van der Waals surface area (Å²) in [5, 5.41) is 2.78. The highest BCUT2D eigenvalue weighted by atomic mass is 19.3. The number of ether oxygens (including phenoxy) is 2. The molecule has 1 heterocycles. The molecular weight excluding hydrogens is 593 g/mol. The van der Waals surface area contributed by atoms with Crippen molar-refractivity contribution >= 4 is 11.7 Å². The van der Waals surface area contributed by atoms with Crippen LogP contribution < -0.4 is 5.32 Å². The Labute approximate surface area is 268 Å². The van der Waals surface area contributed by atoms with Gasteiger partial charge in [0, 0.05) is 54.9 Å². The molecule has 2 unspecified atom stereocenters. The molecule has 244 valence electrons. The Bertz CT molecular complexity index is 1490. The fourth-order valence-electron chi connectivity index (χ4n) is 6.85. The van der Waals surface area contributed by atoms with Gasteiger partial charge in [-0.15, -0.1) is 0 Å². The van der Waals surface area contributed by atoms with Gasteiger partial charge in [-0.1, -0.05) is 42.5 Å². The maximum atomic E-state index is 13.5. The third kappa shape index (κ3) is 7.57. The fraction of sp³-hybridized carbons (Fsp3) is 0.459. The molecule has 2 fully saturated rings. The molecule has 1 amide bonds. The minimum atomic E-state index is -3.05. The summed E-state index contributed by atoms with van der Waals surface area (Å²) < 4.78 is 50.9. The number of halogens is 3. The lowest BCUT2D eigenvalue weighted by atomic mass is 9.78. The van der Waals surface area contributed by atoms with Crippen LogP contribution >= 0.6 is 0 Å². The van der Waals surface area contributed by atoms with Gasteiger partial charge in [-0.25, -0.2) is 4.39 Å². The van der Waals surface area contributed by atoms with E-state index in [0.717, 1.165) is 43.4 Å². The Balaban J connectivity index is 1.04. The number of amides is 1. The van der Waals surface area contributed by atoms with E-state index in [9.17, 15) is 22.8 Å². The third-order valence-electron chi connectivity index (χ3n) is 9.75. The first-order valence-corrected chi connectivity index (χ1v) is 16.4. The van der Waals surface area contributed by atoms with Gasteiger partial charge < -0.3 is 19.7 Å². The van der Waals surface area contributed by atoms with Crippen molar-refractivity contribution in [3.8, 4) is 11.1 Å². The number of ketones is 1. The summed E-state index contributed by atoms with van der Waals surface area (Å²) in [6.07, 6.45) is 11.1. The van der Waals surface area contributed by atoms with Crippen molar-refractivity contribution in [1.82, 2.24) is 10.2 Å². The molecule has 2 atom stereocenters. The minimum absolute atomic E-state index is 0.0157. The molecule has 1 aliphatic heterocycles. The van der Waals surface area contributed by atoms with Crippen LogP contribution in [0.4, 0.5) is 13.2 Å². The van der Waals surface area contributed by atoms with E-state index in [1.165, 1.54) is 25.0 Å². The lowest BCUT2D eigenvalue weighted by Crippen LogP contribution is -2.35. The first-order valence-electron chi connectivity index (χ1n) is 16.4. The van der Waals surface area contributed by atoms with Crippen LogP contribution in [0.15, 0.2) is 83.8 Å². The monoisotopic (exact) mass is 634 g/mol. The highest BCUT2D eigenvalue weighted by Crippen LogP contribution is 2.41. The van der Waals surface area contributed by atoms with Gasteiger partial charge in [-0.05, 0) is 86.6 Å². The summed E-state index contributed by atoms with van der Waals surface area (Å²) in [6, 6.07) is 13.8. The highest BCUT2D eigenvalue weighted by Gasteiger charge is 2.39. The number of hydrogen-bond donors (Lipinski definition) is 1. The lowest BCUT2D eigenvalue weighted by molar-refractivity contribution is -0.118. The average molecular weight is 635 g/mol. The molecule has 9 heteroatoms. The van der Waals surface area contributed by atoms with E-state index in [0.29, 0.717) is 42.7 Å². The summed E-state index contributed by atoms with van der Waals surface area (Å²) in [6.45, 7) is 1.10. The van der Waals surface area contributed by atoms with Gasteiger partial charge in [0.2, 0.25) is 0 Å². The van der Waals surface area contributed by atoms with Crippen molar-refractivity contribution in [2.75, 3.05) is 26.3 Å². The first kappa shape index (κ1) is 32.1. The van der Waals surface area contributed by atoms with Crippen molar-refractivity contribution in [2.45, 2.75) is 58.1 Å². The van der Waals surface area contributed by atoms with Crippen molar-refractivity contribution < 1.29 is 32.2 Å². The van der Waals surface area contributed by atoms with Gasteiger partial charge in [0.1, 0.15) is 11.6 Å². The Morgan fingerprint density at radius 1 is 0.935 bits per heavy atom. The summed E-state index contributed by atoms with van der Waals surface area (Å²) >= 11 is 0. The number of nitrogens with one attached hydrogen (secondary N) is 1. The van der Waals surface area contributed by atoms with E-state index >= 15 is 0 Å². The number of Topliss-reactive ketones (excluding diaryl/α,β-unsaturated/α-hetero) is 1. The number of carbonyl (C=O) groups is 2. The SMILES string of the molecule is CC1C2C=CC(C(=O)NCCOCC3CC3)=C(OC(F)F)C2=CN1CC1CCC(C(=O)c2ccc(-c3ccc(F)cc3)cc2)CC1. The van der Waals surface area contributed by atoms with Crippen LogP contribution in [-0.2, 0) is 14.3 Å². The van der Waals surface area contributed by atoms with E-state index in [1.54, 1.807) is 18.2 Å². The molecule has 0 aromatic heterocycles. The predicted molar refractivity (Wildman–Crippen MR) is 169 cm³/mol. The number of rotatable bonds is 13. The smallest absolute Gasteiger partial charge is 0.387 e.